The summed E-state index contributed by atoms with van der Waals surface area (Å²) < 4.78 is 23.3. The Morgan fingerprint density at radius 2 is 1.86 bits per heavy atom. The fourth-order valence-corrected chi connectivity index (χ4v) is 2.51. The molecule has 0 saturated carbocycles. The third kappa shape index (κ3) is 8.07. The maximum Gasteiger partial charge on any atom is 0.319 e. The lowest BCUT2D eigenvalue weighted by Gasteiger charge is -2.10. The zero-order valence-corrected chi connectivity index (χ0v) is 15.9. The van der Waals surface area contributed by atoms with Crippen LogP contribution < -0.4 is 15.4 Å². The molecule has 7 heteroatoms. The number of unbranched alkanes of at least 4 members (excludes halogenated alkanes) is 2. The molecule has 0 saturated heterocycles. The first-order valence-electron chi connectivity index (χ1n) is 9.16. The molecule has 2 amide bonds. The second kappa shape index (κ2) is 11.6. The predicted molar refractivity (Wildman–Crippen MR) is 105 cm³/mol. The van der Waals surface area contributed by atoms with Gasteiger partial charge in [0.2, 0.25) is 0 Å². The van der Waals surface area contributed by atoms with E-state index < -0.39 is 0 Å². The average Bonchev–Trinajstić information content (AvgIpc) is 2.69. The summed E-state index contributed by atoms with van der Waals surface area (Å²) in [5.41, 5.74) is 1.49. The number of halogens is 1. The third-order valence-corrected chi connectivity index (χ3v) is 3.96. The molecule has 2 N–H and O–H groups in total. The normalized spacial score (nSPS) is 10.2. The summed E-state index contributed by atoms with van der Waals surface area (Å²) in [6.07, 6.45) is 2.75. The Bertz CT molecular complexity index is 783. The Morgan fingerprint density at radius 3 is 2.64 bits per heavy atom. The van der Waals surface area contributed by atoms with E-state index in [1.165, 1.54) is 19.2 Å². The summed E-state index contributed by atoms with van der Waals surface area (Å²) in [6.45, 7) is 0.788. The molecular formula is C21H25FN2O4. The fourth-order valence-electron chi connectivity index (χ4n) is 2.51. The van der Waals surface area contributed by atoms with Gasteiger partial charge in [-0.2, -0.15) is 0 Å². The van der Waals surface area contributed by atoms with Crippen molar-refractivity contribution < 1.29 is 23.5 Å². The van der Waals surface area contributed by atoms with Crippen LogP contribution in [-0.4, -0.2) is 25.7 Å². The lowest BCUT2D eigenvalue weighted by molar-refractivity contribution is -0.140. The number of ether oxygens (including phenoxy) is 2. The highest BCUT2D eigenvalue weighted by Gasteiger charge is 2.04. The maximum absolute atomic E-state index is 13.2. The molecule has 28 heavy (non-hydrogen) atoms. The van der Waals surface area contributed by atoms with Gasteiger partial charge < -0.3 is 20.1 Å². The second-order valence-corrected chi connectivity index (χ2v) is 6.21. The van der Waals surface area contributed by atoms with Crippen LogP contribution in [0.5, 0.6) is 5.75 Å². The van der Waals surface area contributed by atoms with Crippen LogP contribution in [0, 0.1) is 5.82 Å². The first kappa shape index (κ1) is 21.2. The highest BCUT2D eigenvalue weighted by atomic mass is 19.1. The number of rotatable bonds is 10. The van der Waals surface area contributed by atoms with Gasteiger partial charge in [-0.1, -0.05) is 24.6 Å². The molecule has 0 heterocycles. The Kier molecular flexibility index (Phi) is 8.78. The van der Waals surface area contributed by atoms with Gasteiger partial charge in [0.25, 0.3) is 0 Å². The third-order valence-electron chi connectivity index (χ3n) is 3.96. The minimum atomic E-state index is -0.352. The van der Waals surface area contributed by atoms with Crippen molar-refractivity contribution in [2.75, 3.05) is 19.0 Å². The summed E-state index contributed by atoms with van der Waals surface area (Å²) in [7, 11) is 1.37. The number of hydrogen-bond acceptors (Lipinski definition) is 4. The summed E-state index contributed by atoms with van der Waals surface area (Å²) in [4.78, 5) is 23.0. The number of amides is 2. The van der Waals surface area contributed by atoms with Crippen molar-refractivity contribution in [2.45, 2.75) is 32.3 Å². The molecule has 0 aliphatic heterocycles. The van der Waals surface area contributed by atoms with E-state index in [0.29, 0.717) is 24.4 Å². The fraction of sp³-hybridized carbons (Fsp3) is 0.333. The van der Waals surface area contributed by atoms with E-state index in [4.69, 9.17) is 4.74 Å². The van der Waals surface area contributed by atoms with E-state index in [1.54, 1.807) is 24.3 Å². The highest BCUT2D eigenvalue weighted by Crippen LogP contribution is 2.16. The molecule has 0 aromatic heterocycles. The molecule has 0 bridgehead atoms. The van der Waals surface area contributed by atoms with Crippen molar-refractivity contribution in [3.05, 3.63) is 59.9 Å². The van der Waals surface area contributed by atoms with E-state index >= 15 is 0 Å². The van der Waals surface area contributed by atoms with Crippen molar-refractivity contribution >= 4 is 17.7 Å². The Hall–Kier alpha value is -3.09. The zero-order valence-electron chi connectivity index (χ0n) is 15.9. The molecular weight excluding hydrogens is 363 g/mol. The number of methoxy groups -OCH3 is 1. The number of nitrogens with one attached hydrogen (secondary N) is 2. The molecule has 2 aromatic carbocycles. The Labute approximate surface area is 164 Å². The first-order chi connectivity index (χ1) is 13.6. The molecule has 2 rings (SSSR count). The number of carbonyl (C=O) groups is 2. The largest absolute Gasteiger partial charge is 0.489 e. The first-order valence-corrected chi connectivity index (χ1v) is 9.16. The van der Waals surface area contributed by atoms with E-state index in [9.17, 15) is 14.0 Å². The minimum Gasteiger partial charge on any atom is -0.489 e. The average molecular weight is 388 g/mol. The number of urea groups is 1. The number of hydrogen-bond donors (Lipinski definition) is 2. The molecule has 0 aliphatic rings. The van der Waals surface area contributed by atoms with E-state index in [1.807, 2.05) is 12.1 Å². The minimum absolute atomic E-state index is 0.216. The molecule has 0 fully saturated rings. The van der Waals surface area contributed by atoms with Crippen molar-refractivity contribution in [1.82, 2.24) is 5.32 Å². The van der Waals surface area contributed by atoms with Crippen molar-refractivity contribution in [2.24, 2.45) is 0 Å². The lowest BCUT2D eigenvalue weighted by Crippen LogP contribution is -2.29. The van der Waals surface area contributed by atoms with Crippen LogP contribution in [0.25, 0.3) is 0 Å². The van der Waals surface area contributed by atoms with Gasteiger partial charge in [0.15, 0.2) is 0 Å². The van der Waals surface area contributed by atoms with Gasteiger partial charge in [-0.3, -0.25) is 4.79 Å². The molecule has 0 radical (unpaired) electrons. The van der Waals surface area contributed by atoms with E-state index in [0.717, 1.165) is 24.8 Å². The smallest absolute Gasteiger partial charge is 0.319 e. The van der Waals surface area contributed by atoms with E-state index in [2.05, 4.69) is 15.4 Å². The standard InChI is InChI=1S/C21H25FN2O4/c1-27-20(25)11-3-2-4-12-23-21(26)24-18-9-5-7-16(13-18)15-28-19-10-6-8-17(22)14-19/h5-10,13-14H,2-4,11-12,15H2,1H3,(H2,23,24,26). The number of anilines is 1. The van der Waals surface area contributed by atoms with Crippen molar-refractivity contribution in [3.8, 4) is 5.75 Å². The molecule has 2 aromatic rings. The SMILES string of the molecule is COC(=O)CCCCCNC(=O)Nc1cccc(COc2cccc(F)c2)c1. The quantitative estimate of drug-likeness (QED) is 0.471. The van der Waals surface area contributed by atoms with Crippen LogP contribution in [0.15, 0.2) is 48.5 Å². The number of benzene rings is 2. The van der Waals surface area contributed by atoms with Crippen molar-refractivity contribution in [3.63, 3.8) is 0 Å². The number of esters is 1. The van der Waals surface area contributed by atoms with Crippen LogP contribution in [0.3, 0.4) is 0 Å². The maximum atomic E-state index is 13.2. The summed E-state index contributed by atoms with van der Waals surface area (Å²) in [6, 6.07) is 12.9. The van der Waals surface area contributed by atoms with Crippen LogP contribution in [0.1, 0.15) is 31.2 Å². The van der Waals surface area contributed by atoms with Gasteiger partial charge in [-0.05, 0) is 42.7 Å². The predicted octanol–water partition coefficient (Wildman–Crippen LogP) is 4.26. The molecule has 0 unspecified atom stereocenters. The number of carbonyl (C=O) groups excluding carboxylic acids is 2. The lowest BCUT2D eigenvalue weighted by atomic mass is 10.2. The molecule has 0 spiro atoms. The van der Waals surface area contributed by atoms with Crippen LogP contribution in [0.4, 0.5) is 14.9 Å². The summed E-state index contributed by atoms with van der Waals surface area (Å²) in [5.74, 6) is -0.120. The summed E-state index contributed by atoms with van der Waals surface area (Å²) >= 11 is 0. The molecule has 150 valence electrons. The topological polar surface area (TPSA) is 76.7 Å². The summed E-state index contributed by atoms with van der Waals surface area (Å²) in [5, 5.41) is 5.55. The Morgan fingerprint density at radius 1 is 1.04 bits per heavy atom. The Balaban J connectivity index is 1.70. The molecule has 0 aliphatic carbocycles. The van der Waals surface area contributed by atoms with Gasteiger partial charge in [0.1, 0.15) is 18.2 Å². The van der Waals surface area contributed by atoms with Gasteiger partial charge in [0.05, 0.1) is 7.11 Å². The molecule has 6 nitrogen and oxygen atoms in total. The van der Waals surface area contributed by atoms with Crippen LogP contribution in [0.2, 0.25) is 0 Å². The second-order valence-electron chi connectivity index (χ2n) is 6.21. The zero-order chi connectivity index (χ0) is 20.2. The van der Waals surface area contributed by atoms with E-state index in [-0.39, 0.29) is 24.4 Å². The highest BCUT2D eigenvalue weighted by molar-refractivity contribution is 5.89. The molecule has 0 atom stereocenters. The van der Waals surface area contributed by atoms with Crippen molar-refractivity contribution in [1.29, 1.82) is 0 Å². The van der Waals surface area contributed by atoms with Crippen LogP contribution >= 0.6 is 0 Å². The van der Waals surface area contributed by atoms with Gasteiger partial charge >= 0.3 is 12.0 Å². The monoisotopic (exact) mass is 388 g/mol. The van der Waals surface area contributed by atoms with Crippen LogP contribution in [-0.2, 0) is 16.1 Å². The van der Waals surface area contributed by atoms with Gasteiger partial charge in [-0.25, -0.2) is 9.18 Å². The van der Waals surface area contributed by atoms with Gasteiger partial charge in [0, 0.05) is 24.7 Å². The van der Waals surface area contributed by atoms with Gasteiger partial charge in [-0.15, -0.1) is 0 Å².